The molecule has 0 N–H and O–H groups in total. The van der Waals surface area contributed by atoms with Crippen LogP contribution >= 0.6 is 0 Å². The molecule has 0 saturated carbocycles. The van der Waals surface area contributed by atoms with E-state index in [1.54, 1.807) is 52.7 Å². The number of ether oxygens (including phenoxy) is 4. The van der Waals surface area contributed by atoms with E-state index in [2.05, 4.69) is 0 Å². The minimum absolute atomic E-state index is 0.167. The van der Waals surface area contributed by atoms with Crippen molar-refractivity contribution < 1.29 is 23.7 Å². The van der Waals surface area contributed by atoms with Crippen molar-refractivity contribution in [1.82, 2.24) is 0 Å². The van der Waals surface area contributed by atoms with Crippen molar-refractivity contribution >= 4 is 17.9 Å². The maximum atomic E-state index is 12.2. The fourth-order valence-electron chi connectivity index (χ4n) is 2.49. The van der Waals surface area contributed by atoms with Crippen LogP contribution in [0.4, 0.5) is 0 Å². The smallest absolute Gasteiger partial charge is 0.178 e. The Morgan fingerprint density at radius 2 is 1.12 bits per heavy atom. The molecule has 2 aromatic rings. The van der Waals surface area contributed by atoms with Crippen LogP contribution in [-0.2, 0) is 4.79 Å². The van der Waals surface area contributed by atoms with Crippen LogP contribution in [0.1, 0.15) is 11.1 Å². The number of benzene rings is 2. The molecule has 0 aliphatic carbocycles. The van der Waals surface area contributed by atoms with E-state index < -0.39 is 0 Å². The third-order valence-corrected chi connectivity index (χ3v) is 3.72. The summed E-state index contributed by atoms with van der Waals surface area (Å²) >= 11 is 0. The number of hydrogen-bond donors (Lipinski definition) is 0. The normalized spacial score (nSPS) is 10.9. The van der Waals surface area contributed by atoms with Gasteiger partial charge in [0.25, 0.3) is 0 Å². The zero-order chi connectivity index (χ0) is 18.9. The maximum Gasteiger partial charge on any atom is 0.178 e. The molecule has 0 amide bonds. The average molecular weight is 354 g/mol. The lowest BCUT2D eigenvalue weighted by atomic mass is 10.1. The number of rotatable bonds is 8. The molecule has 0 fully saturated rings. The highest BCUT2D eigenvalue weighted by Gasteiger charge is 2.08. The summed E-state index contributed by atoms with van der Waals surface area (Å²) in [5, 5.41) is 0. The first-order valence-corrected chi connectivity index (χ1v) is 7.96. The minimum atomic E-state index is -0.167. The Balaban J connectivity index is 2.19. The van der Waals surface area contributed by atoms with Crippen LogP contribution in [0.15, 0.2) is 48.6 Å². The highest BCUT2D eigenvalue weighted by Crippen LogP contribution is 2.32. The molecule has 0 radical (unpaired) electrons. The summed E-state index contributed by atoms with van der Waals surface area (Å²) in [6.07, 6.45) is 6.33. The standard InChI is InChI=1S/C21H22O5/c1-23-18-9-5-7-15(20(18)25-3)11-13-17(22)14-12-16-8-6-10-19(24-2)21(16)26-4/h5-14H,1-4H3. The first-order valence-electron chi connectivity index (χ1n) is 7.96. The van der Waals surface area contributed by atoms with Gasteiger partial charge in [-0.2, -0.15) is 0 Å². The molecule has 0 heterocycles. The van der Waals surface area contributed by atoms with Gasteiger partial charge in [0, 0.05) is 11.1 Å². The van der Waals surface area contributed by atoms with Gasteiger partial charge in [0.05, 0.1) is 28.4 Å². The van der Waals surface area contributed by atoms with Crippen LogP contribution in [0.2, 0.25) is 0 Å². The molecular weight excluding hydrogens is 332 g/mol. The molecule has 2 rings (SSSR count). The highest BCUT2D eigenvalue weighted by atomic mass is 16.5. The third-order valence-electron chi connectivity index (χ3n) is 3.72. The van der Waals surface area contributed by atoms with E-state index in [0.29, 0.717) is 23.0 Å². The summed E-state index contributed by atoms with van der Waals surface area (Å²) in [5.41, 5.74) is 1.51. The van der Waals surface area contributed by atoms with E-state index in [0.717, 1.165) is 11.1 Å². The lowest BCUT2D eigenvalue weighted by Gasteiger charge is -2.10. The third kappa shape index (κ3) is 4.45. The number of allylic oxidation sites excluding steroid dienone is 2. The van der Waals surface area contributed by atoms with E-state index in [9.17, 15) is 4.79 Å². The van der Waals surface area contributed by atoms with Crippen molar-refractivity contribution in [3.8, 4) is 23.0 Å². The molecule has 2 aromatic carbocycles. The van der Waals surface area contributed by atoms with E-state index in [-0.39, 0.29) is 5.78 Å². The molecule has 136 valence electrons. The second-order valence-corrected chi connectivity index (χ2v) is 5.23. The molecule has 0 atom stereocenters. The Bertz CT molecular complexity index is 754. The number of hydrogen-bond acceptors (Lipinski definition) is 5. The minimum Gasteiger partial charge on any atom is -0.493 e. The second-order valence-electron chi connectivity index (χ2n) is 5.23. The average Bonchev–Trinajstić information content (AvgIpc) is 2.69. The van der Waals surface area contributed by atoms with E-state index in [1.165, 1.54) is 12.2 Å². The zero-order valence-corrected chi connectivity index (χ0v) is 15.3. The van der Waals surface area contributed by atoms with E-state index >= 15 is 0 Å². The van der Waals surface area contributed by atoms with Gasteiger partial charge in [0.15, 0.2) is 28.8 Å². The molecule has 0 unspecified atom stereocenters. The Morgan fingerprint density at radius 3 is 1.46 bits per heavy atom. The van der Waals surface area contributed by atoms with Gasteiger partial charge in [-0.1, -0.05) is 24.3 Å². The number of para-hydroxylation sites is 2. The van der Waals surface area contributed by atoms with Crippen molar-refractivity contribution in [2.45, 2.75) is 0 Å². The van der Waals surface area contributed by atoms with Gasteiger partial charge < -0.3 is 18.9 Å². The Labute approximate surface area is 153 Å². The van der Waals surface area contributed by atoms with Crippen LogP contribution in [0, 0.1) is 0 Å². The second kappa shape index (κ2) is 9.32. The molecule has 26 heavy (non-hydrogen) atoms. The van der Waals surface area contributed by atoms with Crippen LogP contribution < -0.4 is 18.9 Å². The predicted octanol–water partition coefficient (Wildman–Crippen LogP) is 4.02. The highest BCUT2D eigenvalue weighted by molar-refractivity contribution is 6.04. The maximum absolute atomic E-state index is 12.2. The molecule has 0 aliphatic heterocycles. The molecule has 0 aromatic heterocycles. The molecule has 5 nitrogen and oxygen atoms in total. The number of ketones is 1. The number of carbonyl (C=O) groups excluding carboxylic acids is 1. The van der Waals surface area contributed by atoms with Gasteiger partial charge in [-0.3, -0.25) is 4.79 Å². The zero-order valence-electron chi connectivity index (χ0n) is 15.3. The lowest BCUT2D eigenvalue weighted by molar-refractivity contribution is -0.110. The first kappa shape index (κ1) is 19.1. The van der Waals surface area contributed by atoms with Crippen molar-refractivity contribution in [1.29, 1.82) is 0 Å². The molecule has 5 heteroatoms. The van der Waals surface area contributed by atoms with Crippen LogP contribution in [0.3, 0.4) is 0 Å². The molecule has 0 bridgehead atoms. The van der Waals surface area contributed by atoms with Crippen LogP contribution in [0.25, 0.3) is 12.2 Å². The number of methoxy groups -OCH3 is 4. The van der Waals surface area contributed by atoms with Gasteiger partial charge in [-0.05, 0) is 36.4 Å². The van der Waals surface area contributed by atoms with Crippen molar-refractivity contribution in [2.24, 2.45) is 0 Å². The Morgan fingerprint density at radius 1 is 0.692 bits per heavy atom. The fraction of sp³-hybridized carbons (Fsp3) is 0.190. The SMILES string of the molecule is COc1cccc(C=CC(=O)C=Cc2cccc(OC)c2OC)c1OC. The van der Waals surface area contributed by atoms with Gasteiger partial charge in [0.2, 0.25) is 0 Å². The molecular formula is C21H22O5. The Kier molecular flexibility index (Phi) is 6.85. The topological polar surface area (TPSA) is 54.0 Å². The van der Waals surface area contributed by atoms with Gasteiger partial charge >= 0.3 is 0 Å². The fourth-order valence-corrected chi connectivity index (χ4v) is 2.49. The van der Waals surface area contributed by atoms with Gasteiger partial charge in [-0.15, -0.1) is 0 Å². The van der Waals surface area contributed by atoms with Crippen LogP contribution in [-0.4, -0.2) is 34.2 Å². The monoisotopic (exact) mass is 354 g/mol. The molecule has 0 aliphatic rings. The summed E-state index contributed by atoms with van der Waals surface area (Å²) in [4.78, 5) is 12.2. The van der Waals surface area contributed by atoms with Crippen molar-refractivity contribution in [3.05, 3.63) is 59.7 Å². The summed E-state index contributed by atoms with van der Waals surface area (Å²) < 4.78 is 21.2. The Hall–Kier alpha value is -3.21. The summed E-state index contributed by atoms with van der Waals surface area (Å²) in [6.45, 7) is 0. The molecule has 0 spiro atoms. The van der Waals surface area contributed by atoms with Gasteiger partial charge in [0.1, 0.15) is 0 Å². The first-order chi connectivity index (χ1) is 12.6. The van der Waals surface area contributed by atoms with E-state index in [4.69, 9.17) is 18.9 Å². The summed E-state index contributed by atoms with van der Waals surface area (Å²) in [7, 11) is 6.26. The largest absolute Gasteiger partial charge is 0.493 e. The quantitative estimate of drug-likeness (QED) is 0.670. The predicted molar refractivity (Wildman–Crippen MR) is 102 cm³/mol. The van der Waals surface area contributed by atoms with Crippen LogP contribution in [0.5, 0.6) is 23.0 Å². The van der Waals surface area contributed by atoms with E-state index in [1.807, 2.05) is 24.3 Å². The summed E-state index contributed by atoms with van der Waals surface area (Å²) in [5.74, 6) is 2.22. The van der Waals surface area contributed by atoms with Gasteiger partial charge in [-0.25, -0.2) is 0 Å². The van der Waals surface area contributed by atoms with Crippen molar-refractivity contribution in [2.75, 3.05) is 28.4 Å². The summed E-state index contributed by atoms with van der Waals surface area (Å²) in [6, 6.07) is 11.0. The molecule has 0 saturated heterocycles. The number of carbonyl (C=O) groups is 1. The lowest BCUT2D eigenvalue weighted by Crippen LogP contribution is -1.94. The van der Waals surface area contributed by atoms with Crippen molar-refractivity contribution in [3.63, 3.8) is 0 Å².